The molecule has 1 saturated carbocycles. The second kappa shape index (κ2) is 8.41. The van der Waals surface area contributed by atoms with Crippen LogP contribution in [0.2, 0.25) is 0 Å². The number of rotatable bonds is 7. The summed E-state index contributed by atoms with van der Waals surface area (Å²) in [6, 6.07) is 15.4. The van der Waals surface area contributed by atoms with E-state index in [4.69, 9.17) is 5.73 Å². The predicted octanol–water partition coefficient (Wildman–Crippen LogP) is 2.17. The predicted molar refractivity (Wildman–Crippen MR) is 106 cm³/mol. The van der Waals surface area contributed by atoms with E-state index < -0.39 is 12.0 Å². The summed E-state index contributed by atoms with van der Waals surface area (Å²) in [7, 11) is 2.11. The summed E-state index contributed by atoms with van der Waals surface area (Å²) in [5.41, 5.74) is 7.02. The van der Waals surface area contributed by atoms with Gasteiger partial charge in [0.1, 0.15) is 5.75 Å². The molecule has 0 heterocycles. The van der Waals surface area contributed by atoms with E-state index in [9.17, 15) is 15.0 Å². The van der Waals surface area contributed by atoms with E-state index in [1.54, 1.807) is 6.07 Å². The lowest BCUT2D eigenvalue weighted by molar-refractivity contribution is 0.0997. The maximum Gasteiger partial charge on any atom is 0.252 e. The summed E-state index contributed by atoms with van der Waals surface area (Å²) in [6.45, 7) is 0.368. The van der Waals surface area contributed by atoms with Crippen LogP contribution in [0.15, 0.2) is 48.5 Å². The number of aliphatic hydroxyl groups excluding tert-OH is 1. The molecule has 6 heteroatoms. The molecule has 1 amide bonds. The smallest absolute Gasteiger partial charge is 0.252 e. The van der Waals surface area contributed by atoms with Crippen molar-refractivity contribution in [2.45, 2.75) is 37.5 Å². The maximum atomic E-state index is 11.4. The zero-order valence-electron chi connectivity index (χ0n) is 15.5. The third-order valence-corrected chi connectivity index (χ3v) is 5.38. The van der Waals surface area contributed by atoms with E-state index in [1.165, 1.54) is 17.8 Å². The number of hydrogen-bond donors (Lipinski definition) is 4. The highest BCUT2D eigenvalue weighted by Gasteiger charge is 2.30. The number of amides is 1. The molecule has 3 atom stereocenters. The van der Waals surface area contributed by atoms with Gasteiger partial charge in [-0.15, -0.1) is 0 Å². The number of hydrogen-bond acceptors (Lipinski definition) is 5. The number of aromatic hydroxyl groups is 1. The molecule has 0 aliphatic heterocycles. The highest BCUT2D eigenvalue weighted by Crippen LogP contribution is 2.28. The van der Waals surface area contributed by atoms with Crippen molar-refractivity contribution < 1.29 is 15.0 Å². The van der Waals surface area contributed by atoms with Crippen molar-refractivity contribution >= 4 is 11.6 Å². The quantitative estimate of drug-likeness (QED) is 0.600. The molecule has 3 rings (SSSR count). The fourth-order valence-corrected chi connectivity index (χ4v) is 3.84. The standard InChI is InChI=1S/C21H27N3O3/c1-24(15-6-3-2-4-7-15)18-9-5-8-17(18)23-13-20(26)14-10-11-19(25)16(12-14)21(22)27/h2-4,6-7,10-12,17-18,20,23,25-26H,5,8-9,13H2,1H3,(H2,22,27)/t17-,18+,20?/m1/s1. The number of likely N-dealkylation sites (N-methyl/N-ethyl adjacent to an activating group) is 1. The first kappa shape index (κ1) is 19.2. The van der Waals surface area contributed by atoms with Gasteiger partial charge in [-0.05, 0) is 49.1 Å². The highest BCUT2D eigenvalue weighted by atomic mass is 16.3. The van der Waals surface area contributed by atoms with E-state index in [0.717, 1.165) is 19.3 Å². The molecule has 1 unspecified atom stereocenters. The van der Waals surface area contributed by atoms with Gasteiger partial charge in [0, 0.05) is 31.4 Å². The maximum absolute atomic E-state index is 11.4. The number of para-hydroxylation sites is 1. The number of anilines is 1. The van der Waals surface area contributed by atoms with E-state index in [2.05, 4.69) is 29.4 Å². The van der Waals surface area contributed by atoms with Gasteiger partial charge in [-0.2, -0.15) is 0 Å². The van der Waals surface area contributed by atoms with Crippen molar-refractivity contribution in [2.75, 3.05) is 18.5 Å². The number of nitrogens with two attached hydrogens (primary N) is 1. The first-order valence-corrected chi connectivity index (χ1v) is 9.29. The van der Waals surface area contributed by atoms with Crippen molar-refractivity contribution in [3.63, 3.8) is 0 Å². The minimum absolute atomic E-state index is 0.0223. The largest absolute Gasteiger partial charge is 0.507 e. The number of primary amides is 1. The fraction of sp³-hybridized carbons (Fsp3) is 0.381. The molecule has 27 heavy (non-hydrogen) atoms. The Labute approximate surface area is 159 Å². The molecule has 2 aromatic rings. The molecule has 1 aliphatic carbocycles. The van der Waals surface area contributed by atoms with Crippen LogP contribution in [0.5, 0.6) is 5.75 Å². The van der Waals surface area contributed by atoms with Crippen LogP contribution in [0.3, 0.4) is 0 Å². The molecule has 0 saturated heterocycles. The lowest BCUT2D eigenvalue weighted by Gasteiger charge is -2.32. The first-order valence-electron chi connectivity index (χ1n) is 9.29. The van der Waals surface area contributed by atoms with Crippen LogP contribution in [0, 0.1) is 0 Å². The molecular formula is C21H27N3O3. The van der Waals surface area contributed by atoms with Gasteiger partial charge >= 0.3 is 0 Å². The molecule has 144 valence electrons. The van der Waals surface area contributed by atoms with Gasteiger partial charge in [0.2, 0.25) is 0 Å². The van der Waals surface area contributed by atoms with Crippen molar-refractivity contribution in [3.05, 3.63) is 59.7 Å². The second-order valence-corrected chi connectivity index (χ2v) is 7.12. The zero-order valence-corrected chi connectivity index (χ0v) is 15.5. The number of carbonyl (C=O) groups is 1. The van der Waals surface area contributed by atoms with Crippen LogP contribution in [-0.4, -0.2) is 41.8 Å². The molecule has 0 radical (unpaired) electrons. The van der Waals surface area contributed by atoms with Gasteiger partial charge in [0.25, 0.3) is 5.91 Å². The molecule has 5 N–H and O–H groups in total. The summed E-state index contributed by atoms with van der Waals surface area (Å²) >= 11 is 0. The Morgan fingerprint density at radius 1 is 1.26 bits per heavy atom. The highest BCUT2D eigenvalue weighted by molar-refractivity contribution is 5.95. The van der Waals surface area contributed by atoms with E-state index in [1.807, 2.05) is 18.2 Å². The Hall–Kier alpha value is -2.57. The molecule has 2 aromatic carbocycles. The molecule has 1 aliphatic rings. The normalized spacial score (nSPS) is 20.4. The summed E-state index contributed by atoms with van der Waals surface area (Å²) in [4.78, 5) is 13.7. The first-order chi connectivity index (χ1) is 13.0. The molecule has 6 nitrogen and oxygen atoms in total. The molecular weight excluding hydrogens is 342 g/mol. The lowest BCUT2D eigenvalue weighted by Crippen LogP contribution is -2.46. The van der Waals surface area contributed by atoms with Crippen LogP contribution in [0.4, 0.5) is 5.69 Å². The zero-order chi connectivity index (χ0) is 19.4. The van der Waals surface area contributed by atoms with Crippen LogP contribution in [0.1, 0.15) is 41.3 Å². The average molecular weight is 369 g/mol. The summed E-state index contributed by atoms with van der Waals surface area (Å²) in [6.07, 6.45) is 2.51. The van der Waals surface area contributed by atoms with Gasteiger partial charge in [-0.3, -0.25) is 4.79 Å². The topological polar surface area (TPSA) is 98.8 Å². The van der Waals surface area contributed by atoms with Gasteiger partial charge in [0.15, 0.2) is 0 Å². The summed E-state index contributed by atoms with van der Waals surface area (Å²) < 4.78 is 0. The number of nitrogens with zero attached hydrogens (tertiary/aromatic N) is 1. The van der Waals surface area contributed by atoms with Crippen LogP contribution >= 0.6 is 0 Å². The molecule has 0 bridgehead atoms. The molecule has 0 aromatic heterocycles. The van der Waals surface area contributed by atoms with Crippen molar-refractivity contribution in [1.82, 2.24) is 5.32 Å². The third-order valence-electron chi connectivity index (χ3n) is 5.38. The van der Waals surface area contributed by atoms with E-state index >= 15 is 0 Å². The number of phenols is 1. The summed E-state index contributed by atoms with van der Waals surface area (Å²) in [5.74, 6) is -0.887. The number of benzene rings is 2. The molecule has 0 spiro atoms. The second-order valence-electron chi connectivity index (χ2n) is 7.12. The Balaban J connectivity index is 1.63. The van der Waals surface area contributed by atoms with Gasteiger partial charge in [0.05, 0.1) is 11.7 Å². The monoisotopic (exact) mass is 369 g/mol. The lowest BCUT2D eigenvalue weighted by atomic mass is 10.0. The van der Waals surface area contributed by atoms with Crippen LogP contribution in [-0.2, 0) is 0 Å². The van der Waals surface area contributed by atoms with Crippen molar-refractivity contribution in [2.24, 2.45) is 5.73 Å². The number of aliphatic hydroxyl groups is 1. The fourth-order valence-electron chi connectivity index (χ4n) is 3.84. The Morgan fingerprint density at radius 2 is 2.00 bits per heavy atom. The Bertz CT molecular complexity index is 781. The van der Waals surface area contributed by atoms with Gasteiger partial charge < -0.3 is 26.2 Å². The third kappa shape index (κ3) is 4.40. The van der Waals surface area contributed by atoms with Crippen molar-refractivity contribution in [3.8, 4) is 5.75 Å². The number of nitrogens with one attached hydrogen (secondary N) is 1. The van der Waals surface area contributed by atoms with E-state index in [-0.39, 0.29) is 17.4 Å². The molecule has 1 fully saturated rings. The Kier molecular flexibility index (Phi) is 5.98. The minimum Gasteiger partial charge on any atom is -0.507 e. The van der Waals surface area contributed by atoms with Crippen LogP contribution < -0.4 is 16.0 Å². The van der Waals surface area contributed by atoms with Gasteiger partial charge in [-0.25, -0.2) is 0 Å². The Morgan fingerprint density at radius 3 is 2.70 bits per heavy atom. The SMILES string of the molecule is CN(c1ccccc1)[C@H]1CCC[C@H]1NCC(O)c1ccc(O)c(C(N)=O)c1. The minimum atomic E-state index is -0.785. The average Bonchev–Trinajstić information content (AvgIpc) is 3.15. The van der Waals surface area contributed by atoms with Crippen molar-refractivity contribution in [1.29, 1.82) is 0 Å². The number of carbonyl (C=O) groups excluding carboxylic acids is 1. The van der Waals surface area contributed by atoms with E-state index in [0.29, 0.717) is 18.2 Å². The summed E-state index contributed by atoms with van der Waals surface area (Å²) in [5, 5.41) is 23.7. The van der Waals surface area contributed by atoms with Gasteiger partial charge in [-0.1, -0.05) is 24.3 Å². The van der Waals surface area contributed by atoms with Crippen LogP contribution in [0.25, 0.3) is 0 Å².